The summed E-state index contributed by atoms with van der Waals surface area (Å²) in [4.78, 5) is 0. The van der Waals surface area contributed by atoms with Gasteiger partial charge >= 0.3 is 6.18 Å². The molecule has 5 heteroatoms. The van der Waals surface area contributed by atoms with E-state index in [1.54, 1.807) is 0 Å². The van der Waals surface area contributed by atoms with Crippen LogP contribution in [0.25, 0.3) is 0 Å². The number of halogens is 3. The van der Waals surface area contributed by atoms with Gasteiger partial charge in [0.2, 0.25) is 0 Å². The van der Waals surface area contributed by atoms with Gasteiger partial charge < -0.3 is 11.5 Å². The molecule has 0 atom stereocenters. The number of rotatable bonds is 1. The molecule has 0 saturated heterocycles. The second kappa shape index (κ2) is 6.10. The Bertz CT molecular complexity index is 501. The van der Waals surface area contributed by atoms with Crippen molar-refractivity contribution in [2.24, 2.45) is 29.2 Å². The van der Waals surface area contributed by atoms with E-state index in [-0.39, 0.29) is 6.54 Å². The molecule has 0 heterocycles. The highest BCUT2D eigenvalue weighted by molar-refractivity contribution is 5.24. The van der Waals surface area contributed by atoms with E-state index in [4.69, 9.17) is 11.5 Å². The van der Waals surface area contributed by atoms with Gasteiger partial charge in [-0.25, -0.2) is 0 Å². The van der Waals surface area contributed by atoms with E-state index in [9.17, 15) is 13.2 Å². The topological polar surface area (TPSA) is 52.0 Å². The Labute approximate surface area is 135 Å². The third-order valence-corrected chi connectivity index (χ3v) is 5.60. The van der Waals surface area contributed by atoms with Crippen molar-refractivity contribution in [1.82, 2.24) is 0 Å². The van der Waals surface area contributed by atoms with E-state index >= 15 is 0 Å². The Hall–Kier alpha value is -1.07. The molecule has 0 aliphatic heterocycles. The molecule has 4 fully saturated rings. The van der Waals surface area contributed by atoms with Gasteiger partial charge in [-0.3, -0.25) is 0 Å². The minimum atomic E-state index is -4.26. The van der Waals surface area contributed by atoms with Crippen molar-refractivity contribution in [3.05, 3.63) is 35.4 Å². The Morgan fingerprint density at radius 1 is 0.913 bits per heavy atom. The number of hydrogen-bond acceptors (Lipinski definition) is 2. The molecule has 2 nitrogen and oxygen atoms in total. The number of hydrogen-bond donors (Lipinski definition) is 2. The van der Waals surface area contributed by atoms with Crippen LogP contribution in [0.5, 0.6) is 0 Å². The van der Waals surface area contributed by atoms with Crippen molar-refractivity contribution in [2.45, 2.75) is 56.8 Å². The van der Waals surface area contributed by atoms with E-state index in [0.717, 1.165) is 29.9 Å². The lowest BCUT2D eigenvalue weighted by Crippen LogP contribution is -2.55. The maximum Gasteiger partial charge on any atom is 0.416 e. The fourth-order valence-corrected chi connectivity index (χ4v) is 5.01. The van der Waals surface area contributed by atoms with Crippen LogP contribution in [0.4, 0.5) is 13.2 Å². The molecule has 4 saturated carbocycles. The van der Waals surface area contributed by atoms with E-state index < -0.39 is 11.7 Å². The Morgan fingerprint density at radius 3 is 1.65 bits per heavy atom. The first-order valence-electron chi connectivity index (χ1n) is 8.42. The van der Waals surface area contributed by atoms with Gasteiger partial charge in [-0.15, -0.1) is 0 Å². The second-order valence-electron chi connectivity index (χ2n) is 7.68. The minimum Gasteiger partial charge on any atom is -0.326 e. The van der Waals surface area contributed by atoms with E-state index in [1.165, 1.54) is 50.7 Å². The Morgan fingerprint density at radius 2 is 1.35 bits per heavy atom. The normalized spacial score (nSPS) is 34.9. The van der Waals surface area contributed by atoms with Crippen LogP contribution >= 0.6 is 0 Å². The second-order valence-corrected chi connectivity index (χ2v) is 7.68. The Kier molecular flexibility index (Phi) is 4.45. The molecule has 23 heavy (non-hydrogen) atoms. The van der Waals surface area contributed by atoms with Crippen molar-refractivity contribution in [3.63, 3.8) is 0 Å². The lowest BCUT2D eigenvalue weighted by molar-refractivity contribution is -0.137. The highest BCUT2D eigenvalue weighted by atomic mass is 19.4. The minimum absolute atomic E-state index is 0.262. The summed E-state index contributed by atoms with van der Waals surface area (Å²) in [6.07, 6.45) is 4.31. The molecule has 0 spiro atoms. The largest absolute Gasteiger partial charge is 0.416 e. The molecule has 0 amide bonds. The molecular weight excluding hydrogens is 301 g/mol. The van der Waals surface area contributed by atoms with E-state index in [0.29, 0.717) is 11.1 Å². The zero-order valence-corrected chi connectivity index (χ0v) is 13.3. The third-order valence-electron chi connectivity index (χ3n) is 5.60. The van der Waals surface area contributed by atoms with Gasteiger partial charge in [0.25, 0.3) is 0 Å². The Balaban J connectivity index is 0.000000136. The van der Waals surface area contributed by atoms with Crippen LogP contribution in [-0.2, 0) is 12.7 Å². The van der Waals surface area contributed by atoms with Crippen molar-refractivity contribution >= 4 is 0 Å². The summed E-state index contributed by atoms with van der Waals surface area (Å²) in [6.45, 7) is 0.262. The zero-order valence-electron chi connectivity index (χ0n) is 13.3. The molecule has 4 aliphatic carbocycles. The van der Waals surface area contributed by atoms with Crippen molar-refractivity contribution in [2.75, 3.05) is 0 Å². The summed E-state index contributed by atoms with van der Waals surface area (Å²) in [7, 11) is 0. The molecule has 4 bridgehead atoms. The predicted molar refractivity (Wildman–Crippen MR) is 84.4 cm³/mol. The maximum atomic E-state index is 12.0. The van der Waals surface area contributed by atoms with Crippen molar-refractivity contribution in [3.8, 4) is 0 Å². The highest BCUT2D eigenvalue weighted by Gasteiger charge is 2.48. The first-order chi connectivity index (χ1) is 10.8. The summed E-state index contributed by atoms with van der Waals surface area (Å²) in [5.74, 6) is 3.06. The summed E-state index contributed by atoms with van der Waals surface area (Å²) < 4.78 is 36.0. The molecule has 5 rings (SSSR count). The van der Waals surface area contributed by atoms with E-state index in [1.807, 2.05) is 0 Å². The monoisotopic (exact) mass is 326 g/mol. The highest BCUT2D eigenvalue weighted by Crippen LogP contribution is 2.54. The molecule has 0 radical (unpaired) electrons. The van der Waals surface area contributed by atoms with Gasteiger partial charge in [-0.2, -0.15) is 13.2 Å². The van der Waals surface area contributed by atoms with E-state index in [2.05, 4.69) is 0 Å². The average molecular weight is 326 g/mol. The van der Waals surface area contributed by atoms with Crippen molar-refractivity contribution < 1.29 is 13.2 Å². The quantitative estimate of drug-likeness (QED) is 0.817. The molecule has 1 aromatic rings. The first kappa shape index (κ1) is 16.8. The van der Waals surface area contributed by atoms with Gasteiger partial charge in [0.15, 0.2) is 0 Å². The summed E-state index contributed by atoms with van der Waals surface area (Å²) in [5.41, 5.74) is 11.9. The van der Waals surface area contributed by atoms with Crippen LogP contribution in [0.15, 0.2) is 24.3 Å². The van der Waals surface area contributed by atoms with Crippen LogP contribution in [0.3, 0.4) is 0 Å². The van der Waals surface area contributed by atoms with Crippen LogP contribution in [0.2, 0.25) is 0 Å². The van der Waals surface area contributed by atoms with Gasteiger partial charge in [0.1, 0.15) is 0 Å². The number of alkyl halides is 3. The van der Waals surface area contributed by atoms with Gasteiger partial charge in [-0.05, 0) is 74.0 Å². The van der Waals surface area contributed by atoms with Gasteiger partial charge in [0.05, 0.1) is 5.56 Å². The molecule has 0 aromatic heterocycles. The lowest BCUT2D eigenvalue weighted by atomic mass is 9.53. The van der Waals surface area contributed by atoms with Crippen molar-refractivity contribution in [1.29, 1.82) is 0 Å². The van der Waals surface area contributed by atoms with Crippen LogP contribution < -0.4 is 11.5 Å². The summed E-state index contributed by atoms with van der Waals surface area (Å²) >= 11 is 0. The first-order valence-corrected chi connectivity index (χ1v) is 8.42. The summed E-state index contributed by atoms with van der Waals surface area (Å²) in [5, 5.41) is 0. The van der Waals surface area contributed by atoms with Crippen LogP contribution in [0.1, 0.15) is 49.7 Å². The SMILES string of the molecule is NC12CC3CC(CC(C3)C1)C2.NCc1ccc(C(F)(F)F)cc1. The van der Waals surface area contributed by atoms with Gasteiger partial charge in [0, 0.05) is 12.1 Å². The average Bonchev–Trinajstić information content (AvgIpc) is 2.44. The predicted octanol–water partition coefficient (Wildman–Crippen LogP) is 4.08. The van der Waals surface area contributed by atoms with Gasteiger partial charge in [-0.1, -0.05) is 12.1 Å². The lowest BCUT2D eigenvalue weighted by Gasteiger charge is -2.55. The van der Waals surface area contributed by atoms with Crippen LogP contribution in [-0.4, -0.2) is 5.54 Å². The molecule has 0 unspecified atom stereocenters. The fraction of sp³-hybridized carbons (Fsp3) is 0.667. The fourth-order valence-electron chi connectivity index (χ4n) is 5.01. The molecular formula is C18H25F3N2. The molecule has 1 aromatic carbocycles. The number of nitrogens with two attached hydrogens (primary N) is 2. The maximum absolute atomic E-state index is 12.0. The molecule has 128 valence electrons. The number of benzene rings is 1. The smallest absolute Gasteiger partial charge is 0.326 e. The van der Waals surface area contributed by atoms with Crippen LogP contribution in [0, 0.1) is 17.8 Å². The molecule has 4 aliphatic rings. The molecule has 4 N–H and O–H groups in total. The zero-order chi connectivity index (χ0) is 16.7. The standard InChI is InChI=1S/C10H17N.C8H8F3N/c11-10-4-7-1-8(5-10)3-9(2-7)6-10;9-8(10,11)7-3-1-6(5-12)2-4-7/h7-9H,1-6,11H2;1-4H,5,12H2. The third kappa shape index (κ3) is 3.89. The summed E-state index contributed by atoms with van der Waals surface area (Å²) in [6, 6.07) is 4.82.